The highest BCUT2D eigenvalue weighted by atomic mass is 35.5. The van der Waals surface area contributed by atoms with Gasteiger partial charge in [-0.15, -0.1) is 0 Å². The van der Waals surface area contributed by atoms with Gasteiger partial charge in [0, 0.05) is 11.1 Å². The minimum atomic E-state index is -0.661. The number of benzene rings is 1. The molecule has 0 saturated heterocycles. The van der Waals surface area contributed by atoms with E-state index in [1.54, 1.807) is 0 Å². The van der Waals surface area contributed by atoms with Crippen LogP contribution in [0.2, 0.25) is 5.02 Å². The molecular formula is C15H15ClN2O5. The lowest BCUT2D eigenvalue weighted by molar-refractivity contribution is -0.383. The molecule has 0 heterocycles. The molecular weight excluding hydrogens is 324 g/mol. The van der Waals surface area contributed by atoms with E-state index in [-0.39, 0.29) is 28.7 Å². The van der Waals surface area contributed by atoms with Crippen molar-refractivity contribution in [3.05, 3.63) is 45.5 Å². The molecule has 1 amide bonds. The number of rotatable bonds is 6. The van der Waals surface area contributed by atoms with Crippen LogP contribution in [0.25, 0.3) is 0 Å². The average Bonchev–Trinajstić information content (AvgIpc) is 2.98. The summed E-state index contributed by atoms with van der Waals surface area (Å²) >= 11 is 5.76. The number of nitro groups is 1. The lowest BCUT2D eigenvalue weighted by Crippen LogP contribution is -2.22. The standard InChI is InChI=1S/C15H15ClN2O5/c16-11-5-6-13(18(21)22)12(8-11)17-14(19)9-23-15(20)7-10-3-1-2-4-10/h1,3,5-6,8,10H,2,4,7,9H2,(H,17,19)/t10-/m0/s1. The van der Waals surface area contributed by atoms with E-state index in [1.165, 1.54) is 18.2 Å². The summed E-state index contributed by atoms with van der Waals surface area (Å²) in [5.74, 6) is -0.984. The molecule has 2 rings (SSSR count). The smallest absolute Gasteiger partial charge is 0.306 e. The Morgan fingerprint density at radius 3 is 2.87 bits per heavy atom. The van der Waals surface area contributed by atoms with Crippen molar-refractivity contribution in [2.24, 2.45) is 5.92 Å². The summed E-state index contributed by atoms with van der Waals surface area (Å²) in [6, 6.07) is 3.81. The number of allylic oxidation sites excluding steroid dienone is 2. The number of hydrogen-bond acceptors (Lipinski definition) is 5. The van der Waals surface area contributed by atoms with Gasteiger partial charge < -0.3 is 10.1 Å². The zero-order chi connectivity index (χ0) is 16.8. The summed E-state index contributed by atoms with van der Waals surface area (Å²) in [6.07, 6.45) is 6.02. The van der Waals surface area contributed by atoms with E-state index in [1.807, 2.05) is 12.2 Å². The van der Waals surface area contributed by atoms with Gasteiger partial charge in [0.05, 0.1) is 11.3 Å². The molecule has 0 fully saturated rings. The second kappa shape index (κ2) is 7.73. The second-order valence-corrected chi connectivity index (χ2v) is 5.53. The zero-order valence-corrected chi connectivity index (χ0v) is 12.9. The van der Waals surface area contributed by atoms with Crippen LogP contribution in [0.1, 0.15) is 19.3 Å². The van der Waals surface area contributed by atoms with Gasteiger partial charge in [-0.25, -0.2) is 0 Å². The first-order valence-electron chi connectivity index (χ1n) is 7.02. The summed E-state index contributed by atoms with van der Waals surface area (Å²) in [5, 5.41) is 13.5. The van der Waals surface area contributed by atoms with E-state index >= 15 is 0 Å². The number of carbonyl (C=O) groups excluding carboxylic acids is 2. The van der Waals surface area contributed by atoms with Crippen LogP contribution in [0.3, 0.4) is 0 Å². The average molecular weight is 339 g/mol. The van der Waals surface area contributed by atoms with Crippen molar-refractivity contribution >= 4 is 34.9 Å². The Kier molecular flexibility index (Phi) is 5.70. The molecule has 0 unspecified atom stereocenters. The van der Waals surface area contributed by atoms with Crippen LogP contribution in [-0.4, -0.2) is 23.4 Å². The van der Waals surface area contributed by atoms with Crippen molar-refractivity contribution in [3.63, 3.8) is 0 Å². The number of nitro benzene ring substituents is 1. The summed E-state index contributed by atoms with van der Waals surface area (Å²) in [6.45, 7) is -0.501. The summed E-state index contributed by atoms with van der Waals surface area (Å²) in [4.78, 5) is 33.7. The Bertz CT molecular complexity index is 659. The van der Waals surface area contributed by atoms with Crippen LogP contribution in [0, 0.1) is 16.0 Å². The highest BCUT2D eigenvalue weighted by molar-refractivity contribution is 6.31. The van der Waals surface area contributed by atoms with Gasteiger partial charge >= 0.3 is 5.97 Å². The largest absolute Gasteiger partial charge is 0.456 e. The molecule has 23 heavy (non-hydrogen) atoms. The van der Waals surface area contributed by atoms with E-state index in [4.69, 9.17) is 16.3 Å². The van der Waals surface area contributed by atoms with Crippen molar-refractivity contribution < 1.29 is 19.2 Å². The quantitative estimate of drug-likeness (QED) is 0.372. The minimum absolute atomic E-state index is 0.0396. The molecule has 1 aromatic carbocycles. The number of carbonyl (C=O) groups is 2. The first-order valence-corrected chi connectivity index (χ1v) is 7.39. The lowest BCUT2D eigenvalue weighted by Gasteiger charge is -2.09. The fourth-order valence-corrected chi connectivity index (χ4v) is 2.41. The molecule has 0 spiro atoms. The van der Waals surface area contributed by atoms with Gasteiger partial charge in [-0.05, 0) is 30.9 Å². The van der Waals surface area contributed by atoms with E-state index in [2.05, 4.69) is 5.32 Å². The maximum atomic E-state index is 11.8. The number of halogens is 1. The molecule has 1 N–H and O–H groups in total. The number of hydrogen-bond donors (Lipinski definition) is 1. The molecule has 8 heteroatoms. The van der Waals surface area contributed by atoms with E-state index < -0.39 is 23.4 Å². The highest BCUT2D eigenvalue weighted by Crippen LogP contribution is 2.27. The van der Waals surface area contributed by atoms with Crippen molar-refractivity contribution in [2.75, 3.05) is 11.9 Å². The molecule has 1 aliphatic rings. The molecule has 0 bridgehead atoms. The normalized spacial score (nSPS) is 16.1. The monoisotopic (exact) mass is 338 g/mol. The maximum absolute atomic E-state index is 11.8. The molecule has 7 nitrogen and oxygen atoms in total. The van der Waals surface area contributed by atoms with Gasteiger partial charge in [0.2, 0.25) is 0 Å². The number of esters is 1. The predicted octanol–water partition coefficient (Wildman–Crippen LogP) is 3.09. The van der Waals surface area contributed by atoms with Crippen molar-refractivity contribution in [1.82, 2.24) is 0 Å². The predicted molar refractivity (Wildman–Crippen MR) is 84.2 cm³/mol. The third-order valence-electron chi connectivity index (χ3n) is 3.33. The molecule has 0 aliphatic heterocycles. The lowest BCUT2D eigenvalue weighted by atomic mass is 10.1. The van der Waals surface area contributed by atoms with Crippen LogP contribution in [0.15, 0.2) is 30.4 Å². The first kappa shape index (κ1) is 17.0. The van der Waals surface area contributed by atoms with Crippen molar-refractivity contribution in [2.45, 2.75) is 19.3 Å². The molecule has 0 saturated carbocycles. The SMILES string of the molecule is O=C(COC(=O)C[C@H]1C=CCC1)Nc1cc(Cl)ccc1[N+](=O)[O-]. The van der Waals surface area contributed by atoms with E-state index in [9.17, 15) is 19.7 Å². The Hall–Kier alpha value is -2.41. The summed E-state index contributed by atoms with van der Waals surface area (Å²) in [7, 11) is 0. The fraction of sp³-hybridized carbons (Fsp3) is 0.333. The zero-order valence-electron chi connectivity index (χ0n) is 12.2. The fourth-order valence-electron chi connectivity index (χ4n) is 2.24. The molecule has 122 valence electrons. The number of ether oxygens (including phenoxy) is 1. The third-order valence-corrected chi connectivity index (χ3v) is 3.57. The molecule has 1 aromatic rings. The Labute approximate surface area is 137 Å². The van der Waals surface area contributed by atoms with Gasteiger partial charge in [-0.3, -0.25) is 19.7 Å². The van der Waals surface area contributed by atoms with Crippen LogP contribution < -0.4 is 5.32 Å². The first-order chi connectivity index (χ1) is 11.0. The van der Waals surface area contributed by atoms with Crippen molar-refractivity contribution in [1.29, 1.82) is 0 Å². The number of anilines is 1. The molecule has 1 aliphatic carbocycles. The molecule has 1 atom stereocenters. The van der Waals surface area contributed by atoms with Gasteiger partial charge in [-0.1, -0.05) is 23.8 Å². The van der Waals surface area contributed by atoms with E-state index in [0.717, 1.165) is 12.8 Å². The summed E-state index contributed by atoms with van der Waals surface area (Å²) < 4.78 is 4.88. The number of nitrogens with zero attached hydrogens (tertiary/aromatic N) is 1. The van der Waals surface area contributed by atoms with Gasteiger partial charge in [0.25, 0.3) is 11.6 Å². The third kappa shape index (κ3) is 5.07. The minimum Gasteiger partial charge on any atom is -0.456 e. The van der Waals surface area contributed by atoms with Gasteiger partial charge in [0.15, 0.2) is 6.61 Å². The van der Waals surface area contributed by atoms with Crippen LogP contribution in [-0.2, 0) is 14.3 Å². The Balaban J connectivity index is 1.87. The number of nitrogens with one attached hydrogen (secondary N) is 1. The van der Waals surface area contributed by atoms with Crippen LogP contribution in [0.4, 0.5) is 11.4 Å². The van der Waals surface area contributed by atoms with E-state index in [0.29, 0.717) is 0 Å². The highest BCUT2D eigenvalue weighted by Gasteiger charge is 2.18. The van der Waals surface area contributed by atoms with Gasteiger partial charge in [-0.2, -0.15) is 0 Å². The van der Waals surface area contributed by atoms with Crippen LogP contribution in [0.5, 0.6) is 0 Å². The maximum Gasteiger partial charge on any atom is 0.306 e. The Morgan fingerprint density at radius 1 is 1.43 bits per heavy atom. The Morgan fingerprint density at radius 2 is 2.22 bits per heavy atom. The topological polar surface area (TPSA) is 98.5 Å². The van der Waals surface area contributed by atoms with Crippen LogP contribution >= 0.6 is 11.6 Å². The van der Waals surface area contributed by atoms with Crippen molar-refractivity contribution in [3.8, 4) is 0 Å². The summed E-state index contributed by atoms with van der Waals surface area (Å²) in [5.41, 5.74) is -0.326. The number of amides is 1. The van der Waals surface area contributed by atoms with Gasteiger partial charge in [0.1, 0.15) is 5.69 Å². The molecule has 0 aromatic heterocycles. The second-order valence-electron chi connectivity index (χ2n) is 5.10. The molecule has 0 radical (unpaired) electrons.